The Bertz CT molecular complexity index is 848. The number of nitrogens with zero attached hydrogens (tertiary/aromatic N) is 3. The molecule has 0 N–H and O–H groups in total. The highest BCUT2D eigenvalue weighted by Gasteiger charge is 2.23. The Morgan fingerprint density at radius 1 is 1.12 bits per heavy atom. The third-order valence-corrected chi connectivity index (χ3v) is 5.31. The lowest BCUT2D eigenvalue weighted by Gasteiger charge is -2.27. The predicted octanol–water partition coefficient (Wildman–Crippen LogP) is 3.97. The first-order valence-electron chi connectivity index (χ1n) is 8.98. The van der Waals surface area contributed by atoms with Crippen LogP contribution in [0, 0.1) is 6.92 Å². The molecule has 3 nitrogen and oxygen atoms in total. The van der Waals surface area contributed by atoms with Gasteiger partial charge in [0.1, 0.15) is 0 Å². The van der Waals surface area contributed by atoms with Crippen LogP contribution in [0.1, 0.15) is 29.3 Å². The molecule has 0 unspecified atom stereocenters. The fourth-order valence-corrected chi connectivity index (χ4v) is 3.94. The molecule has 0 saturated carbocycles. The average Bonchev–Trinajstić information content (AvgIpc) is 2.93. The first-order chi connectivity index (χ1) is 11.8. The van der Waals surface area contributed by atoms with E-state index < -0.39 is 0 Å². The molecule has 0 amide bonds. The van der Waals surface area contributed by atoms with Crippen LogP contribution in [0.5, 0.6) is 0 Å². The van der Waals surface area contributed by atoms with E-state index >= 15 is 0 Å². The van der Waals surface area contributed by atoms with Crippen LogP contribution < -0.4 is 0 Å². The molecule has 2 aromatic heterocycles. The summed E-state index contributed by atoms with van der Waals surface area (Å²) in [4.78, 5) is 6.68. The number of pyridine rings is 1. The van der Waals surface area contributed by atoms with Crippen LogP contribution in [0.4, 0.5) is 0 Å². The van der Waals surface area contributed by atoms with Gasteiger partial charge in [-0.15, -0.1) is 0 Å². The molecular weight excluding hydrogens is 294 g/mol. The van der Waals surface area contributed by atoms with Crippen molar-refractivity contribution in [3.63, 3.8) is 0 Å². The average molecular weight is 319 g/mol. The molecule has 0 atom stereocenters. The zero-order valence-corrected chi connectivity index (χ0v) is 14.6. The monoisotopic (exact) mass is 319 g/mol. The standard InChI is InChI=1S/C21H25N3/c1-3-23-12-9-21-19(15-23)18-14-16(2)4-5-20(18)24(21)13-8-17-6-10-22-11-7-17/h4-7,10-11,14H,3,8-9,12-13,15H2,1-2H3. The van der Waals surface area contributed by atoms with Gasteiger partial charge in [0.2, 0.25) is 0 Å². The van der Waals surface area contributed by atoms with E-state index in [-0.39, 0.29) is 0 Å². The lowest BCUT2D eigenvalue weighted by molar-refractivity contribution is 0.265. The van der Waals surface area contributed by atoms with E-state index in [0.29, 0.717) is 0 Å². The van der Waals surface area contributed by atoms with Gasteiger partial charge in [0.25, 0.3) is 0 Å². The zero-order valence-electron chi connectivity index (χ0n) is 14.6. The molecule has 1 aliphatic heterocycles. The Morgan fingerprint density at radius 2 is 1.96 bits per heavy atom. The van der Waals surface area contributed by atoms with Gasteiger partial charge in [0.05, 0.1) is 0 Å². The highest BCUT2D eigenvalue weighted by Crippen LogP contribution is 2.31. The van der Waals surface area contributed by atoms with Crippen molar-refractivity contribution < 1.29 is 0 Å². The lowest BCUT2D eigenvalue weighted by Crippen LogP contribution is -2.30. The summed E-state index contributed by atoms with van der Waals surface area (Å²) in [5, 5.41) is 1.46. The minimum Gasteiger partial charge on any atom is -0.344 e. The fraction of sp³-hybridized carbons (Fsp3) is 0.381. The maximum Gasteiger partial charge on any atom is 0.0486 e. The molecule has 0 fully saturated rings. The van der Waals surface area contributed by atoms with Gasteiger partial charge in [0.15, 0.2) is 0 Å². The molecule has 0 spiro atoms. The van der Waals surface area contributed by atoms with E-state index in [2.05, 4.69) is 58.6 Å². The van der Waals surface area contributed by atoms with E-state index in [4.69, 9.17) is 0 Å². The van der Waals surface area contributed by atoms with Gasteiger partial charge in [0, 0.05) is 55.0 Å². The second-order valence-electron chi connectivity index (χ2n) is 6.82. The first kappa shape index (κ1) is 15.4. The molecular formula is C21H25N3. The second-order valence-corrected chi connectivity index (χ2v) is 6.82. The van der Waals surface area contributed by atoms with Crippen molar-refractivity contribution in [1.29, 1.82) is 0 Å². The van der Waals surface area contributed by atoms with Crippen molar-refractivity contribution in [2.45, 2.75) is 39.8 Å². The highest BCUT2D eigenvalue weighted by molar-refractivity contribution is 5.86. The van der Waals surface area contributed by atoms with Crippen molar-refractivity contribution >= 4 is 10.9 Å². The number of rotatable bonds is 4. The number of aryl methyl sites for hydroxylation is 3. The first-order valence-corrected chi connectivity index (χ1v) is 8.98. The molecule has 0 saturated heterocycles. The quantitative estimate of drug-likeness (QED) is 0.725. The minimum atomic E-state index is 1.05. The molecule has 3 aromatic rings. The third-order valence-electron chi connectivity index (χ3n) is 5.31. The van der Waals surface area contributed by atoms with Crippen LogP contribution in [0.25, 0.3) is 10.9 Å². The Kier molecular flexibility index (Phi) is 4.11. The number of aromatic nitrogens is 2. The summed E-state index contributed by atoms with van der Waals surface area (Å²) in [6, 6.07) is 11.2. The Balaban J connectivity index is 1.74. The maximum atomic E-state index is 4.13. The Labute approximate surface area is 143 Å². The van der Waals surface area contributed by atoms with Crippen molar-refractivity contribution in [3.05, 3.63) is 65.1 Å². The smallest absolute Gasteiger partial charge is 0.0486 e. The van der Waals surface area contributed by atoms with Crippen molar-refractivity contribution in [1.82, 2.24) is 14.5 Å². The molecule has 4 rings (SSSR count). The van der Waals surface area contributed by atoms with E-state index in [1.54, 1.807) is 11.3 Å². The number of fused-ring (bicyclic) bond motifs is 3. The van der Waals surface area contributed by atoms with Gasteiger partial charge in [-0.2, -0.15) is 0 Å². The topological polar surface area (TPSA) is 21.1 Å². The summed E-state index contributed by atoms with van der Waals surface area (Å²) in [5.41, 5.74) is 7.22. The van der Waals surface area contributed by atoms with Gasteiger partial charge in [-0.05, 0) is 55.3 Å². The van der Waals surface area contributed by atoms with E-state index in [1.807, 2.05) is 12.4 Å². The molecule has 0 aliphatic carbocycles. The van der Waals surface area contributed by atoms with Crippen LogP contribution >= 0.6 is 0 Å². The number of hydrogen-bond acceptors (Lipinski definition) is 2. The molecule has 3 heterocycles. The number of likely N-dealkylation sites (N-methyl/N-ethyl adjacent to an activating group) is 1. The van der Waals surface area contributed by atoms with Crippen LogP contribution in [0.2, 0.25) is 0 Å². The van der Waals surface area contributed by atoms with Crippen LogP contribution in [0.15, 0.2) is 42.7 Å². The summed E-state index contributed by atoms with van der Waals surface area (Å²) in [6.45, 7) is 8.90. The SMILES string of the molecule is CCN1CCc2c(c3cc(C)ccc3n2CCc2ccncc2)C1. The molecule has 0 radical (unpaired) electrons. The van der Waals surface area contributed by atoms with E-state index in [0.717, 1.165) is 32.5 Å². The molecule has 0 bridgehead atoms. The Hall–Kier alpha value is -2.13. The van der Waals surface area contributed by atoms with Gasteiger partial charge in [-0.3, -0.25) is 9.88 Å². The molecule has 1 aromatic carbocycles. The van der Waals surface area contributed by atoms with Crippen molar-refractivity contribution in [2.24, 2.45) is 0 Å². The molecule has 24 heavy (non-hydrogen) atoms. The van der Waals surface area contributed by atoms with Gasteiger partial charge < -0.3 is 4.57 Å². The number of benzene rings is 1. The largest absolute Gasteiger partial charge is 0.344 e. The van der Waals surface area contributed by atoms with Crippen LogP contribution in [-0.2, 0) is 25.9 Å². The van der Waals surface area contributed by atoms with E-state index in [9.17, 15) is 0 Å². The lowest BCUT2D eigenvalue weighted by atomic mass is 10.0. The summed E-state index contributed by atoms with van der Waals surface area (Å²) in [5.74, 6) is 0. The second kappa shape index (κ2) is 6.40. The number of hydrogen-bond donors (Lipinski definition) is 0. The molecule has 3 heteroatoms. The van der Waals surface area contributed by atoms with Gasteiger partial charge in [-0.25, -0.2) is 0 Å². The third kappa shape index (κ3) is 2.73. The van der Waals surface area contributed by atoms with E-state index in [1.165, 1.54) is 28.6 Å². The van der Waals surface area contributed by atoms with Gasteiger partial charge >= 0.3 is 0 Å². The molecule has 1 aliphatic rings. The fourth-order valence-electron chi connectivity index (χ4n) is 3.94. The summed E-state index contributed by atoms with van der Waals surface area (Å²) in [7, 11) is 0. The summed E-state index contributed by atoms with van der Waals surface area (Å²) < 4.78 is 2.57. The van der Waals surface area contributed by atoms with Crippen molar-refractivity contribution in [2.75, 3.05) is 13.1 Å². The zero-order chi connectivity index (χ0) is 16.5. The van der Waals surface area contributed by atoms with Crippen molar-refractivity contribution in [3.8, 4) is 0 Å². The van der Waals surface area contributed by atoms with Gasteiger partial charge in [-0.1, -0.05) is 18.6 Å². The normalized spacial score (nSPS) is 14.9. The van der Waals surface area contributed by atoms with Crippen LogP contribution in [0.3, 0.4) is 0 Å². The highest BCUT2D eigenvalue weighted by atomic mass is 15.1. The Morgan fingerprint density at radius 3 is 2.75 bits per heavy atom. The molecule has 124 valence electrons. The van der Waals surface area contributed by atoms with Crippen LogP contribution in [-0.4, -0.2) is 27.5 Å². The predicted molar refractivity (Wildman–Crippen MR) is 99.3 cm³/mol. The summed E-state index contributed by atoms with van der Waals surface area (Å²) in [6.07, 6.45) is 6.00. The maximum absolute atomic E-state index is 4.13. The minimum absolute atomic E-state index is 1.05. The summed E-state index contributed by atoms with van der Waals surface area (Å²) >= 11 is 0.